The van der Waals surface area contributed by atoms with Crippen molar-refractivity contribution in [3.8, 4) is 0 Å². The zero-order valence-corrected chi connectivity index (χ0v) is 21.4. The molecule has 1 aliphatic carbocycles. The van der Waals surface area contributed by atoms with Gasteiger partial charge in [0, 0.05) is 12.3 Å². The third-order valence-corrected chi connectivity index (χ3v) is 7.65. The zero-order valence-electron chi connectivity index (χ0n) is 20.5. The van der Waals surface area contributed by atoms with Gasteiger partial charge in [0.2, 0.25) is 0 Å². The van der Waals surface area contributed by atoms with Gasteiger partial charge in [-0.1, -0.05) is 61.2 Å². The molecule has 1 aromatic carbocycles. The van der Waals surface area contributed by atoms with Crippen molar-refractivity contribution in [1.29, 1.82) is 0 Å². The highest BCUT2D eigenvalue weighted by Crippen LogP contribution is 2.41. The van der Waals surface area contributed by atoms with Crippen LogP contribution in [0.15, 0.2) is 35.5 Å². The first-order valence-corrected chi connectivity index (χ1v) is 13.2. The van der Waals surface area contributed by atoms with Crippen molar-refractivity contribution in [2.45, 2.75) is 68.9 Å². The molecule has 4 N–H and O–H groups in total. The number of thioether (sulfide) groups is 1. The Morgan fingerprint density at radius 1 is 1.17 bits per heavy atom. The highest BCUT2D eigenvalue weighted by atomic mass is 32.2. The molecule has 11 nitrogen and oxygen atoms in total. The van der Waals surface area contributed by atoms with E-state index in [1.54, 1.807) is 23.4 Å². The largest absolute Gasteiger partial charge is 0.390 e. The highest BCUT2D eigenvalue weighted by molar-refractivity contribution is 7.99. The van der Waals surface area contributed by atoms with Crippen LogP contribution in [-0.4, -0.2) is 74.9 Å². The van der Waals surface area contributed by atoms with Crippen LogP contribution in [0.25, 0.3) is 11.2 Å². The maximum absolute atomic E-state index is 10.9. The molecule has 3 aromatic heterocycles. The SMILES string of the molecule is CCCSc1nc(NC[C@H](C)c2ccccc2)c2nnn(C3CC(c4n[nH]c(C)n4)C(O)C3O)c2n1. The molecular weight excluding hydrogens is 478 g/mol. The summed E-state index contributed by atoms with van der Waals surface area (Å²) in [7, 11) is 0. The van der Waals surface area contributed by atoms with E-state index in [4.69, 9.17) is 9.97 Å². The number of nitrogens with zero attached hydrogens (tertiary/aromatic N) is 7. The summed E-state index contributed by atoms with van der Waals surface area (Å²) in [6.45, 7) is 6.74. The summed E-state index contributed by atoms with van der Waals surface area (Å²) in [5.41, 5.74) is 2.30. The molecule has 0 saturated heterocycles. The maximum atomic E-state index is 10.9. The van der Waals surface area contributed by atoms with E-state index in [1.807, 2.05) is 18.2 Å². The summed E-state index contributed by atoms with van der Waals surface area (Å²) < 4.78 is 1.62. The quantitative estimate of drug-likeness (QED) is 0.196. The van der Waals surface area contributed by atoms with Gasteiger partial charge in [-0.15, -0.1) is 5.10 Å². The molecule has 36 heavy (non-hydrogen) atoms. The molecule has 1 aliphatic rings. The van der Waals surface area contributed by atoms with Gasteiger partial charge in [0.15, 0.2) is 28.0 Å². The summed E-state index contributed by atoms with van der Waals surface area (Å²) in [4.78, 5) is 13.8. The van der Waals surface area contributed by atoms with Gasteiger partial charge in [-0.25, -0.2) is 19.6 Å². The minimum absolute atomic E-state index is 0.260. The lowest BCUT2D eigenvalue weighted by Gasteiger charge is -2.17. The van der Waals surface area contributed by atoms with Crippen LogP contribution in [0.2, 0.25) is 0 Å². The molecule has 0 bridgehead atoms. The average molecular weight is 510 g/mol. The van der Waals surface area contributed by atoms with Crippen molar-refractivity contribution in [3.63, 3.8) is 0 Å². The normalized spacial score (nSPS) is 22.8. The summed E-state index contributed by atoms with van der Waals surface area (Å²) in [5.74, 6) is 2.47. The molecule has 4 unspecified atom stereocenters. The van der Waals surface area contributed by atoms with Crippen LogP contribution in [0.1, 0.15) is 61.8 Å². The van der Waals surface area contributed by atoms with Crippen LogP contribution in [0.5, 0.6) is 0 Å². The lowest BCUT2D eigenvalue weighted by atomic mass is 10.0. The number of aromatic amines is 1. The number of benzene rings is 1. The van der Waals surface area contributed by atoms with Crippen molar-refractivity contribution < 1.29 is 10.2 Å². The number of aryl methyl sites for hydroxylation is 1. The van der Waals surface area contributed by atoms with Gasteiger partial charge in [-0.3, -0.25) is 5.10 Å². The number of hydrogen-bond acceptors (Lipinski definition) is 10. The van der Waals surface area contributed by atoms with Crippen molar-refractivity contribution in [1.82, 2.24) is 40.1 Å². The van der Waals surface area contributed by atoms with Gasteiger partial charge in [0.1, 0.15) is 11.9 Å². The molecule has 0 radical (unpaired) electrons. The molecule has 1 saturated carbocycles. The van der Waals surface area contributed by atoms with Crippen LogP contribution >= 0.6 is 11.8 Å². The van der Waals surface area contributed by atoms with Crippen LogP contribution in [0.4, 0.5) is 5.82 Å². The first kappa shape index (κ1) is 24.6. The van der Waals surface area contributed by atoms with Gasteiger partial charge in [0.25, 0.3) is 0 Å². The van der Waals surface area contributed by atoms with E-state index in [0.717, 1.165) is 12.2 Å². The zero-order chi connectivity index (χ0) is 25.2. The molecule has 4 aromatic rings. The third kappa shape index (κ3) is 4.80. The molecule has 190 valence electrons. The molecule has 5 atom stereocenters. The Morgan fingerprint density at radius 3 is 2.69 bits per heavy atom. The fourth-order valence-electron chi connectivity index (χ4n) is 4.60. The summed E-state index contributed by atoms with van der Waals surface area (Å²) in [6, 6.07) is 9.78. The number of nitrogens with one attached hydrogen (secondary N) is 2. The van der Waals surface area contributed by atoms with E-state index in [2.05, 4.69) is 56.8 Å². The number of anilines is 1. The van der Waals surface area contributed by atoms with Gasteiger partial charge < -0.3 is 15.5 Å². The standard InChI is InChI=1S/C24H31N9O2S/c1-4-10-36-24-27-22(25-12-13(2)15-8-6-5-7-9-15)18-23(28-24)33(32-30-18)17-11-16(19(34)20(17)35)21-26-14(3)29-31-21/h5-9,13,16-17,19-20,34-35H,4,10-12H2,1-3H3,(H,25,27,28)(H,26,29,31)/t13-,16?,17?,19?,20?/m0/s1. The number of rotatable bonds is 9. The first-order valence-electron chi connectivity index (χ1n) is 12.3. The maximum Gasteiger partial charge on any atom is 0.191 e. The molecule has 1 fully saturated rings. The number of aromatic nitrogens is 8. The van der Waals surface area contributed by atoms with Crippen LogP contribution < -0.4 is 5.32 Å². The summed E-state index contributed by atoms with van der Waals surface area (Å²) in [5, 5.41) is 41.5. The lowest BCUT2D eigenvalue weighted by Crippen LogP contribution is -2.29. The number of hydrogen-bond donors (Lipinski definition) is 4. The smallest absolute Gasteiger partial charge is 0.191 e. The highest BCUT2D eigenvalue weighted by Gasteiger charge is 2.46. The Hall–Kier alpha value is -3.09. The van der Waals surface area contributed by atoms with E-state index in [-0.39, 0.29) is 5.92 Å². The second-order valence-corrected chi connectivity index (χ2v) is 10.3. The van der Waals surface area contributed by atoms with E-state index in [0.29, 0.717) is 46.8 Å². The number of fused-ring (bicyclic) bond motifs is 1. The Morgan fingerprint density at radius 2 is 1.97 bits per heavy atom. The predicted octanol–water partition coefficient (Wildman–Crippen LogP) is 2.82. The summed E-state index contributed by atoms with van der Waals surface area (Å²) in [6.07, 6.45) is -0.685. The van der Waals surface area contributed by atoms with Gasteiger partial charge in [-0.05, 0) is 31.2 Å². The Balaban J connectivity index is 1.45. The van der Waals surface area contributed by atoms with E-state index < -0.39 is 24.2 Å². The van der Waals surface area contributed by atoms with Gasteiger partial charge in [0.05, 0.1) is 18.1 Å². The summed E-state index contributed by atoms with van der Waals surface area (Å²) >= 11 is 1.57. The van der Waals surface area contributed by atoms with Crippen LogP contribution in [0, 0.1) is 6.92 Å². The first-order chi connectivity index (χ1) is 17.5. The van der Waals surface area contributed by atoms with E-state index in [9.17, 15) is 10.2 Å². The second-order valence-electron chi connectivity index (χ2n) is 9.27. The number of aliphatic hydroxyl groups is 2. The van der Waals surface area contributed by atoms with Gasteiger partial charge >= 0.3 is 0 Å². The minimum Gasteiger partial charge on any atom is -0.390 e. The Kier molecular flexibility index (Phi) is 7.17. The van der Waals surface area contributed by atoms with Crippen LogP contribution in [-0.2, 0) is 0 Å². The molecule has 12 heteroatoms. The molecule has 0 spiro atoms. The Bertz CT molecular complexity index is 1310. The van der Waals surface area contributed by atoms with Crippen molar-refractivity contribution in [2.75, 3.05) is 17.6 Å². The predicted molar refractivity (Wildman–Crippen MR) is 137 cm³/mol. The van der Waals surface area contributed by atoms with E-state index >= 15 is 0 Å². The second kappa shape index (κ2) is 10.5. The number of H-pyrrole nitrogens is 1. The topological polar surface area (TPSA) is 151 Å². The average Bonchev–Trinajstić information content (AvgIpc) is 3.59. The van der Waals surface area contributed by atoms with Crippen molar-refractivity contribution in [3.05, 3.63) is 47.5 Å². The molecular formula is C24H31N9O2S. The molecule has 0 amide bonds. The van der Waals surface area contributed by atoms with Gasteiger partial charge in [-0.2, -0.15) is 5.10 Å². The minimum atomic E-state index is -1.06. The van der Waals surface area contributed by atoms with E-state index in [1.165, 1.54) is 5.56 Å². The third-order valence-electron chi connectivity index (χ3n) is 6.59. The Labute approximate surface area is 213 Å². The molecule has 3 heterocycles. The number of aliphatic hydroxyl groups excluding tert-OH is 2. The lowest BCUT2D eigenvalue weighted by molar-refractivity contribution is 0.0146. The fraction of sp³-hybridized carbons (Fsp3) is 0.500. The van der Waals surface area contributed by atoms with Crippen molar-refractivity contribution >= 4 is 28.7 Å². The van der Waals surface area contributed by atoms with Crippen LogP contribution in [0.3, 0.4) is 0 Å². The molecule has 5 rings (SSSR count). The molecule has 0 aliphatic heterocycles. The monoisotopic (exact) mass is 509 g/mol. The fourth-order valence-corrected chi connectivity index (χ4v) is 5.29. The van der Waals surface area contributed by atoms with Crippen molar-refractivity contribution in [2.24, 2.45) is 0 Å².